The van der Waals surface area contributed by atoms with E-state index in [0.717, 1.165) is 9.87 Å². The van der Waals surface area contributed by atoms with Gasteiger partial charge in [0, 0.05) is 23.5 Å². The fraction of sp³-hybridized carbons (Fsp3) is 0.257. The number of benzene rings is 4. The average Bonchev–Trinajstić information content (AvgIpc) is 3.02. The molecule has 8 nitrogen and oxygen atoms in total. The van der Waals surface area contributed by atoms with Gasteiger partial charge in [0.05, 0.1) is 17.7 Å². The molecule has 0 heterocycles. The molecular formula is C35H38ClN3O5S. The van der Waals surface area contributed by atoms with Gasteiger partial charge >= 0.3 is 0 Å². The van der Waals surface area contributed by atoms with Gasteiger partial charge in [0.25, 0.3) is 10.0 Å². The Morgan fingerprint density at radius 1 is 0.844 bits per heavy atom. The van der Waals surface area contributed by atoms with E-state index >= 15 is 0 Å². The lowest BCUT2D eigenvalue weighted by Crippen LogP contribution is -2.56. The van der Waals surface area contributed by atoms with Gasteiger partial charge in [0.2, 0.25) is 11.8 Å². The molecule has 0 fully saturated rings. The molecule has 45 heavy (non-hydrogen) atoms. The van der Waals surface area contributed by atoms with Gasteiger partial charge in [-0.05, 0) is 74.4 Å². The van der Waals surface area contributed by atoms with Crippen LogP contribution in [0.1, 0.15) is 31.9 Å². The fourth-order valence-electron chi connectivity index (χ4n) is 4.81. The van der Waals surface area contributed by atoms with E-state index in [1.54, 1.807) is 66.7 Å². The number of carbonyl (C=O) groups excluding carboxylic acids is 2. The molecule has 0 aliphatic heterocycles. The van der Waals surface area contributed by atoms with Crippen molar-refractivity contribution in [1.82, 2.24) is 10.2 Å². The highest BCUT2D eigenvalue weighted by Gasteiger charge is 2.35. The van der Waals surface area contributed by atoms with E-state index in [2.05, 4.69) is 5.32 Å². The molecule has 4 aromatic rings. The number of para-hydroxylation sites is 1. The number of sulfonamides is 1. The number of hydrogen-bond acceptors (Lipinski definition) is 5. The van der Waals surface area contributed by atoms with Crippen LogP contribution in [0.4, 0.5) is 5.69 Å². The lowest BCUT2D eigenvalue weighted by molar-refractivity contribution is -0.140. The topological polar surface area (TPSA) is 96.0 Å². The van der Waals surface area contributed by atoms with Crippen molar-refractivity contribution in [2.75, 3.05) is 18.0 Å². The predicted molar refractivity (Wildman–Crippen MR) is 178 cm³/mol. The molecule has 0 aromatic heterocycles. The van der Waals surface area contributed by atoms with E-state index in [-0.39, 0.29) is 23.8 Å². The van der Waals surface area contributed by atoms with Gasteiger partial charge in [0.1, 0.15) is 18.3 Å². The molecule has 1 atom stereocenters. The Hall–Kier alpha value is -4.34. The highest BCUT2D eigenvalue weighted by molar-refractivity contribution is 7.92. The standard InChI is InChI=1S/C35H38ClN3O5S/c1-35(2,3)37-34(41)32(23-26-13-7-5-8-14-26)38(24-27-15-11-12-18-31(27)36)33(40)25-39(28-16-9-6-10-17-28)45(42,43)30-21-19-29(44-4)20-22-30/h5-22,32H,23-25H2,1-4H3,(H,37,41). The van der Waals surface area contributed by atoms with Crippen LogP contribution in [0.2, 0.25) is 5.02 Å². The van der Waals surface area contributed by atoms with E-state index in [4.69, 9.17) is 16.3 Å². The van der Waals surface area contributed by atoms with E-state index in [1.165, 1.54) is 24.1 Å². The molecule has 0 radical (unpaired) electrons. The molecule has 2 amide bonds. The second-order valence-corrected chi connectivity index (χ2v) is 13.9. The van der Waals surface area contributed by atoms with Crippen molar-refractivity contribution in [3.63, 3.8) is 0 Å². The number of anilines is 1. The van der Waals surface area contributed by atoms with E-state index in [9.17, 15) is 18.0 Å². The molecule has 0 spiro atoms. The number of carbonyl (C=O) groups is 2. The molecule has 0 bridgehead atoms. The first kappa shape index (κ1) is 33.6. The van der Waals surface area contributed by atoms with Crippen molar-refractivity contribution >= 4 is 39.1 Å². The molecule has 10 heteroatoms. The Balaban J connectivity index is 1.81. The summed E-state index contributed by atoms with van der Waals surface area (Å²) in [6.07, 6.45) is 0.204. The maximum Gasteiger partial charge on any atom is 0.264 e. The molecule has 1 unspecified atom stereocenters. The summed E-state index contributed by atoms with van der Waals surface area (Å²) in [6.45, 7) is 5.02. The van der Waals surface area contributed by atoms with Crippen molar-refractivity contribution in [3.05, 3.63) is 125 Å². The van der Waals surface area contributed by atoms with Gasteiger partial charge in [-0.25, -0.2) is 8.42 Å². The summed E-state index contributed by atoms with van der Waals surface area (Å²) in [7, 11) is -2.72. The number of methoxy groups -OCH3 is 1. The van der Waals surface area contributed by atoms with Gasteiger partial charge < -0.3 is 15.0 Å². The van der Waals surface area contributed by atoms with Gasteiger partial charge in [-0.3, -0.25) is 13.9 Å². The number of ether oxygens (including phenoxy) is 1. The minimum Gasteiger partial charge on any atom is -0.497 e. The molecule has 4 rings (SSSR count). The molecule has 1 N–H and O–H groups in total. The van der Waals surface area contributed by atoms with E-state index < -0.39 is 34.1 Å². The maximum absolute atomic E-state index is 14.5. The van der Waals surface area contributed by atoms with Crippen molar-refractivity contribution in [1.29, 1.82) is 0 Å². The minimum atomic E-state index is -4.22. The number of rotatable bonds is 12. The van der Waals surface area contributed by atoms with Crippen molar-refractivity contribution < 1.29 is 22.7 Å². The largest absolute Gasteiger partial charge is 0.497 e. The average molecular weight is 648 g/mol. The Morgan fingerprint density at radius 3 is 2.00 bits per heavy atom. The van der Waals surface area contributed by atoms with Crippen LogP contribution in [0.25, 0.3) is 0 Å². The van der Waals surface area contributed by atoms with Crippen molar-refractivity contribution in [3.8, 4) is 5.75 Å². The predicted octanol–water partition coefficient (Wildman–Crippen LogP) is 6.10. The molecule has 4 aromatic carbocycles. The molecule has 0 saturated carbocycles. The summed E-state index contributed by atoms with van der Waals surface area (Å²) < 4.78 is 34.5. The molecule has 0 saturated heterocycles. The Bertz CT molecular complexity index is 1690. The lowest BCUT2D eigenvalue weighted by atomic mass is 10.0. The van der Waals surface area contributed by atoms with Crippen LogP contribution in [0.3, 0.4) is 0 Å². The van der Waals surface area contributed by atoms with Crippen LogP contribution in [-0.4, -0.2) is 50.4 Å². The summed E-state index contributed by atoms with van der Waals surface area (Å²) in [4.78, 5) is 29.9. The van der Waals surface area contributed by atoms with Gasteiger partial charge in [-0.2, -0.15) is 0 Å². The Morgan fingerprint density at radius 2 is 1.42 bits per heavy atom. The molecule has 0 aliphatic rings. The first-order valence-electron chi connectivity index (χ1n) is 14.5. The Labute approximate surface area is 270 Å². The summed E-state index contributed by atoms with van der Waals surface area (Å²) in [5.41, 5.74) is 1.18. The quantitative estimate of drug-likeness (QED) is 0.201. The van der Waals surface area contributed by atoms with Crippen LogP contribution in [0, 0.1) is 0 Å². The monoisotopic (exact) mass is 647 g/mol. The normalized spacial score (nSPS) is 12.2. The highest BCUT2D eigenvalue weighted by Crippen LogP contribution is 2.27. The number of nitrogens with zero attached hydrogens (tertiary/aromatic N) is 2. The third kappa shape index (κ3) is 8.86. The van der Waals surface area contributed by atoms with Gasteiger partial charge in [0.15, 0.2) is 0 Å². The van der Waals surface area contributed by atoms with Crippen molar-refractivity contribution in [2.24, 2.45) is 0 Å². The zero-order chi connectivity index (χ0) is 32.6. The van der Waals surface area contributed by atoms with Crippen LogP contribution in [-0.2, 0) is 32.6 Å². The molecule has 0 aliphatic carbocycles. The number of halogens is 1. The van der Waals surface area contributed by atoms with E-state index in [0.29, 0.717) is 22.0 Å². The van der Waals surface area contributed by atoms with Crippen LogP contribution < -0.4 is 14.4 Å². The van der Waals surface area contributed by atoms with Gasteiger partial charge in [-0.1, -0.05) is 78.3 Å². The summed E-state index contributed by atoms with van der Waals surface area (Å²) in [5.74, 6) is -0.437. The lowest BCUT2D eigenvalue weighted by Gasteiger charge is -2.35. The first-order chi connectivity index (χ1) is 21.4. The highest BCUT2D eigenvalue weighted by atomic mass is 35.5. The van der Waals surface area contributed by atoms with Crippen LogP contribution >= 0.6 is 11.6 Å². The zero-order valence-corrected chi connectivity index (χ0v) is 27.4. The smallest absolute Gasteiger partial charge is 0.264 e. The Kier molecular flexibility index (Phi) is 10.9. The SMILES string of the molecule is COc1ccc(S(=O)(=O)N(CC(=O)N(Cc2ccccc2Cl)C(Cc2ccccc2)C(=O)NC(C)(C)C)c2ccccc2)cc1. The second kappa shape index (κ2) is 14.6. The number of amides is 2. The fourth-order valence-corrected chi connectivity index (χ4v) is 6.42. The van der Waals surface area contributed by atoms with Crippen molar-refractivity contribution in [2.45, 2.75) is 50.2 Å². The third-order valence-electron chi connectivity index (χ3n) is 7.04. The van der Waals surface area contributed by atoms with Crippen LogP contribution in [0.5, 0.6) is 5.75 Å². The summed E-state index contributed by atoms with van der Waals surface area (Å²) >= 11 is 6.55. The summed E-state index contributed by atoms with van der Waals surface area (Å²) in [6, 6.07) is 29.9. The summed E-state index contributed by atoms with van der Waals surface area (Å²) in [5, 5.41) is 3.44. The molecule has 236 valence electrons. The van der Waals surface area contributed by atoms with Gasteiger partial charge in [-0.15, -0.1) is 0 Å². The first-order valence-corrected chi connectivity index (χ1v) is 16.3. The van der Waals surface area contributed by atoms with Crippen LogP contribution in [0.15, 0.2) is 114 Å². The number of hydrogen-bond donors (Lipinski definition) is 1. The minimum absolute atomic E-state index is 0.0103. The van der Waals surface area contributed by atoms with E-state index in [1.807, 2.05) is 51.1 Å². The second-order valence-electron chi connectivity index (χ2n) is 11.6. The number of nitrogens with one attached hydrogen (secondary N) is 1. The maximum atomic E-state index is 14.5. The third-order valence-corrected chi connectivity index (χ3v) is 9.20. The zero-order valence-electron chi connectivity index (χ0n) is 25.8. The molecular weight excluding hydrogens is 610 g/mol.